The fourth-order valence-electron chi connectivity index (χ4n) is 1.18. The molecule has 0 saturated heterocycles. The highest BCUT2D eigenvalue weighted by Gasteiger charge is 2.12. The van der Waals surface area contributed by atoms with Crippen molar-refractivity contribution in [3.63, 3.8) is 0 Å². The Bertz CT molecular complexity index is 297. The van der Waals surface area contributed by atoms with Gasteiger partial charge in [0.1, 0.15) is 6.61 Å². The molecular formula is C10H14NO2+. The smallest absolute Gasteiger partial charge is 0.248 e. The van der Waals surface area contributed by atoms with Crippen molar-refractivity contribution in [2.75, 3.05) is 13.7 Å². The SMILES string of the molecule is COCC[n+]1ccccc1C(C)=O. The predicted octanol–water partition coefficient (Wildman–Crippen LogP) is 0.823. The lowest BCUT2D eigenvalue weighted by Crippen LogP contribution is -2.41. The number of pyridine rings is 1. The van der Waals surface area contributed by atoms with Gasteiger partial charge in [0.2, 0.25) is 11.5 Å². The van der Waals surface area contributed by atoms with Gasteiger partial charge in [-0.1, -0.05) is 0 Å². The first-order valence-corrected chi connectivity index (χ1v) is 4.24. The van der Waals surface area contributed by atoms with Crippen LogP contribution >= 0.6 is 0 Å². The third-order valence-corrected chi connectivity index (χ3v) is 1.84. The molecule has 1 rings (SSSR count). The molecule has 1 aromatic rings. The summed E-state index contributed by atoms with van der Waals surface area (Å²) in [5.41, 5.74) is 0.722. The molecule has 0 bridgehead atoms. The third-order valence-electron chi connectivity index (χ3n) is 1.84. The fourth-order valence-corrected chi connectivity index (χ4v) is 1.18. The largest absolute Gasteiger partial charge is 0.378 e. The van der Waals surface area contributed by atoms with Crippen molar-refractivity contribution in [3.8, 4) is 0 Å². The van der Waals surface area contributed by atoms with E-state index in [9.17, 15) is 4.79 Å². The number of nitrogens with zero attached hydrogens (tertiary/aromatic N) is 1. The van der Waals surface area contributed by atoms with Gasteiger partial charge in [0.15, 0.2) is 12.7 Å². The topological polar surface area (TPSA) is 30.2 Å². The number of ether oxygens (including phenoxy) is 1. The molecular weight excluding hydrogens is 166 g/mol. The summed E-state index contributed by atoms with van der Waals surface area (Å²) in [7, 11) is 1.65. The number of ketones is 1. The zero-order valence-corrected chi connectivity index (χ0v) is 7.99. The zero-order chi connectivity index (χ0) is 9.68. The number of methoxy groups -OCH3 is 1. The Balaban J connectivity index is 2.84. The van der Waals surface area contributed by atoms with Gasteiger partial charge in [-0.05, 0) is 6.07 Å². The van der Waals surface area contributed by atoms with Crippen LogP contribution < -0.4 is 4.57 Å². The van der Waals surface area contributed by atoms with Crippen molar-refractivity contribution < 1.29 is 14.1 Å². The first-order chi connectivity index (χ1) is 6.25. The molecule has 3 nitrogen and oxygen atoms in total. The lowest BCUT2D eigenvalue weighted by molar-refractivity contribution is -0.700. The summed E-state index contributed by atoms with van der Waals surface area (Å²) in [5.74, 6) is 0.0803. The van der Waals surface area contributed by atoms with Crippen LogP contribution in [0.2, 0.25) is 0 Å². The molecule has 13 heavy (non-hydrogen) atoms. The van der Waals surface area contributed by atoms with Crippen molar-refractivity contribution >= 4 is 5.78 Å². The van der Waals surface area contributed by atoms with Crippen LogP contribution in [0.25, 0.3) is 0 Å². The molecule has 1 heterocycles. The molecule has 0 spiro atoms. The Morgan fingerprint density at radius 1 is 1.54 bits per heavy atom. The van der Waals surface area contributed by atoms with E-state index >= 15 is 0 Å². The van der Waals surface area contributed by atoms with E-state index in [1.807, 2.05) is 29.0 Å². The molecule has 0 fully saturated rings. The second-order valence-corrected chi connectivity index (χ2v) is 2.83. The van der Waals surface area contributed by atoms with Crippen LogP contribution in [0, 0.1) is 0 Å². The Kier molecular flexibility index (Phi) is 3.58. The van der Waals surface area contributed by atoms with Gasteiger partial charge in [0.25, 0.3) is 0 Å². The van der Waals surface area contributed by atoms with E-state index in [4.69, 9.17) is 4.74 Å². The first-order valence-electron chi connectivity index (χ1n) is 4.24. The third kappa shape index (κ3) is 2.63. The number of hydrogen-bond donors (Lipinski definition) is 0. The van der Waals surface area contributed by atoms with Crippen LogP contribution in [-0.2, 0) is 11.3 Å². The molecule has 0 aliphatic carbocycles. The number of aromatic nitrogens is 1. The average Bonchev–Trinajstić information content (AvgIpc) is 2.15. The number of carbonyl (C=O) groups excluding carboxylic acids is 1. The maximum absolute atomic E-state index is 11.2. The quantitative estimate of drug-likeness (QED) is 0.507. The van der Waals surface area contributed by atoms with E-state index in [0.717, 1.165) is 5.69 Å². The Morgan fingerprint density at radius 3 is 2.92 bits per heavy atom. The highest BCUT2D eigenvalue weighted by molar-refractivity contribution is 5.90. The summed E-state index contributed by atoms with van der Waals surface area (Å²) in [5, 5.41) is 0. The normalized spacial score (nSPS) is 10.0. The molecule has 0 radical (unpaired) electrons. The van der Waals surface area contributed by atoms with Crippen molar-refractivity contribution in [2.24, 2.45) is 0 Å². The van der Waals surface area contributed by atoms with Crippen LogP contribution in [0.5, 0.6) is 0 Å². The van der Waals surface area contributed by atoms with E-state index in [2.05, 4.69) is 0 Å². The molecule has 0 unspecified atom stereocenters. The van der Waals surface area contributed by atoms with Gasteiger partial charge in [0.05, 0.1) is 0 Å². The highest BCUT2D eigenvalue weighted by Crippen LogP contribution is 1.92. The predicted molar refractivity (Wildman–Crippen MR) is 48.5 cm³/mol. The number of rotatable bonds is 4. The van der Waals surface area contributed by atoms with E-state index < -0.39 is 0 Å². The van der Waals surface area contributed by atoms with Crippen LogP contribution in [0.15, 0.2) is 24.4 Å². The second kappa shape index (κ2) is 4.72. The van der Waals surface area contributed by atoms with E-state index in [1.54, 1.807) is 14.0 Å². The monoisotopic (exact) mass is 180 g/mol. The van der Waals surface area contributed by atoms with E-state index in [0.29, 0.717) is 13.2 Å². The number of carbonyl (C=O) groups is 1. The first kappa shape index (κ1) is 9.86. The number of Topliss-reactive ketones (excluding diaryl/α,β-unsaturated/α-hetero) is 1. The van der Waals surface area contributed by atoms with Gasteiger partial charge >= 0.3 is 0 Å². The summed E-state index contributed by atoms with van der Waals surface area (Å²) >= 11 is 0. The van der Waals surface area contributed by atoms with Crippen LogP contribution in [-0.4, -0.2) is 19.5 Å². The Morgan fingerprint density at radius 2 is 2.31 bits per heavy atom. The molecule has 3 heteroatoms. The molecule has 0 N–H and O–H groups in total. The van der Waals surface area contributed by atoms with Gasteiger partial charge in [-0.15, -0.1) is 0 Å². The molecule has 70 valence electrons. The summed E-state index contributed by atoms with van der Waals surface area (Å²) < 4.78 is 6.84. The van der Waals surface area contributed by atoms with Gasteiger partial charge in [-0.3, -0.25) is 4.79 Å². The fraction of sp³-hybridized carbons (Fsp3) is 0.400. The van der Waals surface area contributed by atoms with E-state index in [1.165, 1.54) is 0 Å². The Hall–Kier alpha value is -1.22. The van der Waals surface area contributed by atoms with Gasteiger partial charge < -0.3 is 4.74 Å². The van der Waals surface area contributed by atoms with Gasteiger partial charge in [-0.2, -0.15) is 4.57 Å². The molecule has 0 aliphatic heterocycles. The van der Waals surface area contributed by atoms with E-state index in [-0.39, 0.29) is 5.78 Å². The summed E-state index contributed by atoms with van der Waals surface area (Å²) in [4.78, 5) is 11.2. The van der Waals surface area contributed by atoms with Crippen molar-refractivity contribution in [1.82, 2.24) is 0 Å². The molecule has 0 saturated carbocycles. The minimum absolute atomic E-state index is 0.0803. The van der Waals surface area contributed by atoms with Crippen LogP contribution in [0.1, 0.15) is 17.4 Å². The summed E-state index contributed by atoms with van der Waals surface area (Å²) in [6, 6.07) is 5.58. The number of hydrogen-bond acceptors (Lipinski definition) is 2. The zero-order valence-electron chi connectivity index (χ0n) is 7.99. The molecule has 0 aromatic carbocycles. The maximum atomic E-state index is 11.2. The van der Waals surface area contributed by atoms with Gasteiger partial charge in [-0.25, -0.2) is 0 Å². The highest BCUT2D eigenvalue weighted by atomic mass is 16.5. The summed E-state index contributed by atoms with van der Waals surface area (Å²) in [6.45, 7) is 2.90. The summed E-state index contributed by atoms with van der Waals surface area (Å²) in [6.07, 6.45) is 1.88. The maximum Gasteiger partial charge on any atom is 0.248 e. The molecule has 0 atom stereocenters. The van der Waals surface area contributed by atoms with Crippen LogP contribution in [0.4, 0.5) is 0 Å². The molecule has 0 amide bonds. The van der Waals surface area contributed by atoms with Crippen molar-refractivity contribution in [3.05, 3.63) is 30.1 Å². The standard InChI is InChI=1S/C10H14NO2/c1-9(12)10-5-3-4-6-11(10)7-8-13-2/h3-6H,7-8H2,1-2H3/q+1. The minimum Gasteiger partial charge on any atom is -0.378 e. The lowest BCUT2D eigenvalue weighted by atomic mass is 10.2. The minimum atomic E-state index is 0.0803. The second-order valence-electron chi connectivity index (χ2n) is 2.83. The molecule has 0 aliphatic rings. The van der Waals surface area contributed by atoms with Crippen molar-refractivity contribution in [2.45, 2.75) is 13.5 Å². The average molecular weight is 180 g/mol. The Labute approximate surface area is 78.0 Å². The van der Waals surface area contributed by atoms with Gasteiger partial charge in [0, 0.05) is 26.2 Å². The lowest BCUT2D eigenvalue weighted by Gasteiger charge is -1.99. The van der Waals surface area contributed by atoms with Crippen molar-refractivity contribution in [1.29, 1.82) is 0 Å². The molecule has 1 aromatic heterocycles. The van der Waals surface area contributed by atoms with Crippen LogP contribution in [0.3, 0.4) is 0 Å².